The predicted molar refractivity (Wildman–Crippen MR) is 130 cm³/mol. The van der Waals surface area contributed by atoms with E-state index in [0.717, 1.165) is 45.1 Å². The smallest absolute Gasteiger partial charge is 0.123 e. The van der Waals surface area contributed by atoms with Crippen LogP contribution in [0.3, 0.4) is 0 Å². The molecule has 0 unspecified atom stereocenters. The largest absolute Gasteiger partial charge is 0.491 e. The van der Waals surface area contributed by atoms with Crippen LogP contribution in [0.15, 0.2) is 24.3 Å². The van der Waals surface area contributed by atoms with E-state index >= 15 is 0 Å². The summed E-state index contributed by atoms with van der Waals surface area (Å²) >= 11 is 0. The zero-order valence-corrected chi connectivity index (χ0v) is 20.4. The minimum atomic E-state index is -0.465. The number of rotatable bonds is 13. The van der Waals surface area contributed by atoms with Crippen molar-refractivity contribution in [3.05, 3.63) is 29.8 Å². The summed E-state index contributed by atoms with van der Waals surface area (Å²) < 4.78 is 11.5. The molecule has 6 nitrogen and oxygen atoms in total. The number of morpholine rings is 1. The van der Waals surface area contributed by atoms with E-state index in [1.165, 1.54) is 57.1 Å². The number of hydrogen-bond donors (Lipinski definition) is 1. The van der Waals surface area contributed by atoms with Gasteiger partial charge in [-0.3, -0.25) is 4.90 Å². The number of aliphatic hydroxyl groups is 1. The number of aliphatic hydroxyl groups excluding tert-OH is 1. The van der Waals surface area contributed by atoms with Gasteiger partial charge in [0.05, 0.1) is 13.2 Å². The molecule has 1 saturated carbocycles. The van der Waals surface area contributed by atoms with Crippen molar-refractivity contribution in [2.45, 2.75) is 63.6 Å². The molecule has 0 bridgehead atoms. The Bertz CT molecular complexity index is 632. The summed E-state index contributed by atoms with van der Waals surface area (Å²) in [4.78, 5) is 7.20. The fraction of sp³-hybridized carbons (Fsp3) is 0.769. The second-order valence-corrected chi connectivity index (χ2v) is 9.70. The molecule has 182 valence electrons. The summed E-state index contributed by atoms with van der Waals surface area (Å²) in [6.07, 6.45) is 8.46. The van der Waals surface area contributed by atoms with Crippen LogP contribution >= 0.6 is 0 Å². The maximum absolute atomic E-state index is 10.5. The number of hydrogen-bond acceptors (Lipinski definition) is 6. The molecule has 32 heavy (non-hydrogen) atoms. The normalized spacial score (nSPS) is 19.5. The average Bonchev–Trinajstić information content (AvgIpc) is 2.82. The molecule has 1 aliphatic carbocycles. The van der Waals surface area contributed by atoms with Crippen LogP contribution in [0.25, 0.3) is 0 Å². The Balaban J connectivity index is 1.36. The van der Waals surface area contributed by atoms with Gasteiger partial charge in [-0.1, -0.05) is 37.5 Å². The van der Waals surface area contributed by atoms with E-state index in [9.17, 15) is 5.11 Å². The molecule has 1 aromatic carbocycles. The monoisotopic (exact) mass is 447 g/mol. The van der Waals surface area contributed by atoms with E-state index in [1.807, 2.05) is 12.1 Å². The molecule has 1 aliphatic heterocycles. The minimum Gasteiger partial charge on any atom is -0.491 e. The van der Waals surface area contributed by atoms with Gasteiger partial charge in [-0.05, 0) is 58.9 Å². The van der Waals surface area contributed by atoms with E-state index < -0.39 is 6.10 Å². The van der Waals surface area contributed by atoms with Crippen LogP contribution in [-0.4, -0.2) is 98.6 Å². The lowest BCUT2D eigenvalue weighted by atomic mass is 9.94. The highest BCUT2D eigenvalue weighted by molar-refractivity contribution is 5.33. The highest BCUT2D eigenvalue weighted by Gasteiger charge is 2.20. The zero-order valence-electron chi connectivity index (χ0n) is 20.4. The number of likely N-dealkylation sites (N-methyl/N-ethyl adjacent to an activating group) is 1. The van der Waals surface area contributed by atoms with E-state index in [0.29, 0.717) is 19.2 Å². The van der Waals surface area contributed by atoms with Gasteiger partial charge in [0.2, 0.25) is 0 Å². The van der Waals surface area contributed by atoms with E-state index in [4.69, 9.17) is 9.47 Å². The highest BCUT2D eigenvalue weighted by Crippen LogP contribution is 2.22. The van der Waals surface area contributed by atoms with Crippen molar-refractivity contribution in [1.82, 2.24) is 14.7 Å². The van der Waals surface area contributed by atoms with Crippen molar-refractivity contribution in [3.8, 4) is 5.75 Å². The van der Waals surface area contributed by atoms with Crippen LogP contribution in [0.5, 0.6) is 5.75 Å². The van der Waals surface area contributed by atoms with Crippen molar-refractivity contribution < 1.29 is 14.6 Å². The second-order valence-electron chi connectivity index (χ2n) is 9.70. The standard InChI is InChI=1S/C26H45N3O3/c1-27(14-8-9-15-29-16-18-31-19-17-29)20-23-10-6-7-13-26(23)32-22-25(30)21-28(2)24-11-4-3-5-12-24/h6-7,10,13,24-25,30H,3-5,8-9,11-12,14-22H2,1-2H3/t25-/m1/s1. The van der Waals surface area contributed by atoms with Gasteiger partial charge >= 0.3 is 0 Å². The lowest BCUT2D eigenvalue weighted by molar-refractivity contribution is 0.0369. The predicted octanol–water partition coefficient (Wildman–Crippen LogP) is 3.24. The first-order valence-corrected chi connectivity index (χ1v) is 12.7. The van der Waals surface area contributed by atoms with E-state index in [1.54, 1.807) is 0 Å². The molecule has 0 spiro atoms. The molecule has 1 heterocycles. The Labute approximate surface area is 195 Å². The van der Waals surface area contributed by atoms with Crippen molar-refractivity contribution in [1.29, 1.82) is 0 Å². The first-order chi connectivity index (χ1) is 15.6. The van der Waals surface area contributed by atoms with Gasteiger partial charge in [0, 0.05) is 37.8 Å². The Morgan fingerprint density at radius 1 is 1.09 bits per heavy atom. The van der Waals surface area contributed by atoms with Gasteiger partial charge in [-0.15, -0.1) is 0 Å². The summed E-state index contributed by atoms with van der Waals surface area (Å²) in [5, 5.41) is 10.5. The van der Waals surface area contributed by atoms with Crippen LogP contribution in [0, 0.1) is 0 Å². The molecule has 6 heteroatoms. The maximum Gasteiger partial charge on any atom is 0.123 e. The first kappa shape index (κ1) is 25.4. The number of benzene rings is 1. The summed E-state index contributed by atoms with van der Waals surface area (Å²) in [5.74, 6) is 0.895. The highest BCUT2D eigenvalue weighted by atomic mass is 16.5. The number of ether oxygens (including phenoxy) is 2. The molecule has 2 fully saturated rings. The Morgan fingerprint density at radius 3 is 2.62 bits per heavy atom. The molecule has 0 aromatic heterocycles. The third-order valence-corrected chi connectivity index (χ3v) is 6.91. The van der Waals surface area contributed by atoms with Crippen LogP contribution in [-0.2, 0) is 11.3 Å². The lowest BCUT2D eigenvalue weighted by Crippen LogP contribution is -2.40. The quantitative estimate of drug-likeness (QED) is 0.469. The number of para-hydroxylation sites is 1. The van der Waals surface area contributed by atoms with Crippen LogP contribution in [0.4, 0.5) is 0 Å². The summed E-state index contributed by atoms with van der Waals surface area (Å²) in [5.41, 5.74) is 1.19. The van der Waals surface area contributed by atoms with Gasteiger partial charge in [0.1, 0.15) is 18.5 Å². The SMILES string of the molecule is CN(CCCCN1CCOCC1)Cc1ccccc1OC[C@H](O)CN(C)C1CCCCC1. The fourth-order valence-corrected chi connectivity index (χ4v) is 4.93. The molecular weight excluding hydrogens is 402 g/mol. The number of unbranched alkanes of at least 4 members (excludes halogenated alkanes) is 1. The third kappa shape index (κ3) is 8.99. The summed E-state index contributed by atoms with van der Waals surface area (Å²) in [6.45, 7) is 8.03. The third-order valence-electron chi connectivity index (χ3n) is 6.91. The molecule has 1 aromatic rings. The molecule has 0 radical (unpaired) electrons. The summed E-state index contributed by atoms with van der Waals surface area (Å²) in [7, 11) is 4.32. The Hall–Kier alpha value is -1.18. The van der Waals surface area contributed by atoms with Gasteiger partial charge in [-0.2, -0.15) is 0 Å². The second kappa shape index (κ2) is 14.2. The van der Waals surface area contributed by atoms with Gasteiger partial charge in [0.15, 0.2) is 0 Å². The average molecular weight is 448 g/mol. The molecular formula is C26H45N3O3. The molecule has 2 aliphatic rings. The van der Waals surface area contributed by atoms with Gasteiger partial charge < -0.3 is 24.4 Å². The Morgan fingerprint density at radius 2 is 1.84 bits per heavy atom. The molecule has 3 rings (SSSR count). The van der Waals surface area contributed by atoms with Gasteiger partial charge in [-0.25, -0.2) is 0 Å². The van der Waals surface area contributed by atoms with Crippen molar-refractivity contribution in [3.63, 3.8) is 0 Å². The maximum atomic E-state index is 10.5. The molecule has 0 amide bonds. The lowest BCUT2D eigenvalue weighted by Gasteiger charge is -2.32. The Kier molecular flexibility index (Phi) is 11.3. The van der Waals surface area contributed by atoms with E-state index in [-0.39, 0.29) is 0 Å². The van der Waals surface area contributed by atoms with Crippen molar-refractivity contribution in [2.75, 3.05) is 66.6 Å². The topological polar surface area (TPSA) is 48.4 Å². The molecule has 1 atom stereocenters. The van der Waals surface area contributed by atoms with Crippen LogP contribution in [0.1, 0.15) is 50.5 Å². The molecule has 1 N–H and O–H groups in total. The fourth-order valence-electron chi connectivity index (χ4n) is 4.93. The van der Waals surface area contributed by atoms with E-state index in [2.05, 4.69) is 40.9 Å². The minimum absolute atomic E-state index is 0.345. The van der Waals surface area contributed by atoms with Crippen LogP contribution in [0.2, 0.25) is 0 Å². The summed E-state index contributed by atoms with van der Waals surface area (Å²) in [6, 6.07) is 8.87. The van der Waals surface area contributed by atoms with Crippen molar-refractivity contribution in [2.24, 2.45) is 0 Å². The van der Waals surface area contributed by atoms with Crippen molar-refractivity contribution >= 4 is 0 Å². The number of nitrogens with zero attached hydrogens (tertiary/aromatic N) is 3. The molecule has 1 saturated heterocycles. The van der Waals surface area contributed by atoms with Gasteiger partial charge in [0.25, 0.3) is 0 Å². The zero-order chi connectivity index (χ0) is 22.6. The van der Waals surface area contributed by atoms with Crippen LogP contribution < -0.4 is 4.74 Å². The first-order valence-electron chi connectivity index (χ1n) is 12.7.